The number of methoxy groups -OCH3 is 1. The number of hydrogen-bond donors (Lipinski definition) is 1. The average molecular weight is 538 g/mol. The molecule has 37 heavy (non-hydrogen) atoms. The van der Waals surface area contributed by atoms with Gasteiger partial charge in [-0.25, -0.2) is 4.39 Å². The summed E-state index contributed by atoms with van der Waals surface area (Å²) in [5.41, 5.74) is 9.96. The summed E-state index contributed by atoms with van der Waals surface area (Å²) in [5.74, 6) is 0.141. The molecule has 0 atom stereocenters. The standard InChI is InChI=1S/C29H29ClFN3O2S/c1-17-3-9-23(31)27-25(17)26(30)28(37-27)29(35)34(22-7-5-21(32)6-8-22)16-20-15-19(4-10-24(20)36-2)18-11-13-33-14-12-18/h3-4,9-15,21-22H,5-8,16,32H2,1-2H3. The molecule has 0 saturated heterocycles. The number of nitrogens with zero attached hydrogens (tertiary/aromatic N) is 2. The van der Waals surface area contributed by atoms with E-state index in [2.05, 4.69) is 11.1 Å². The number of halogens is 2. The predicted molar refractivity (Wildman–Crippen MR) is 148 cm³/mol. The smallest absolute Gasteiger partial charge is 0.266 e. The lowest BCUT2D eigenvalue weighted by atomic mass is 9.90. The minimum absolute atomic E-state index is 0.00573. The van der Waals surface area contributed by atoms with E-state index in [1.165, 1.54) is 6.07 Å². The first kappa shape index (κ1) is 25.6. The summed E-state index contributed by atoms with van der Waals surface area (Å²) in [4.78, 5) is 20.5. The molecule has 2 aromatic carbocycles. The Morgan fingerprint density at radius 2 is 1.86 bits per heavy atom. The van der Waals surface area contributed by atoms with Gasteiger partial charge in [0.1, 0.15) is 16.4 Å². The minimum Gasteiger partial charge on any atom is -0.496 e. The quantitative estimate of drug-likeness (QED) is 0.288. The van der Waals surface area contributed by atoms with Gasteiger partial charge in [-0.3, -0.25) is 9.78 Å². The second-order valence-corrected chi connectivity index (χ2v) is 11.0. The maximum absolute atomic E-state index is 14.7. The number of ether oxygens (including phenoxy) is 1. The zero-order valence-electron chi connectivity index (χ0n) is 20.8. The van der Waals surface area contributed by atoms with Crippen molar-refractivity contribution < 1.29 is 13.9 Å². The molecule has 192 valence electrons. The summed E-state index contributed by atoms with van der Waals surface area (Å²) in [6, 6.07) is 13.1. The molecule has 5 rings (SSSR count). The highest BCUT2D eigenvalue weighted by Gasteiger charge is 2.32. The molecular weight excluding hydrogens is 509 g/mol. The lowest BCUT2D eigenvalue weighted by molar-refractivity contribution is 0.0610. The van der Waals surface area contributed by atoms with E-state index in [0.29, 0.717) is 32.3 Å². The Balaban J connectivity index is 1.57. The first-order chi connectivity index (χ1) is 17.9. The topological polar surface area (TPSA) is 68.5 Å². The molecule has 0 aliphatic heterocycles. The molecule has 0 bridgehead atoms. The first-order valence-corrected chi connectivity index (χ1v) is 13.6. The van der Waals surface area contributed by atoms with Gasteiger partial charge in [-0.05, 0) is 79.6 Å². The lowest BCUT2D eigenvalue weighted by Gasteiger charge is -2.36. The summed E-state index contributed by atoms with van der Waals surface area (Å²) in [6.45, 7) is 2.22. The third kappa shape index (κ3) is 5.08. The number of aryl methyl sites for hydroxylation is 1. The van der Waals surface area contributed by atoms with E-state index in [1.54, 1.807) is 25.6 Å². The molecule has 1 fully saturated rings. The molecule has 0 unspecified atom stereocenters. The summed E-state index contributed by atoms with van der Waals surface area (Å²) in [6.07, 6.45) is 6.80. The maximum atomic E-state index is 14.7. The van der Waals surface area contributed by atoms with Crippen LogP contribution in [-0.2, 0) is 6.54 Å². The van der Waals surface area contributed by atoms with Crippen LogP contribution in [0.25, 0.3) is 21.2 Å². The number of hydrogen-bond acceptors (Lipinski definition) is 5. The highest BCUT2D eigenvalue weighted by atomic mass is 35.5. The van der Waals surface area contributed by atoms with Crippen molar-refractivity contribution in [1.82, 2.24) is 9.88 Å². The fourth-order valence-corrected chi connectivity index (χ4v) is 6.77. The largest absolute Gasteiger partial charge is 0.496 e. The average Bonchev–Trinajstić information content (AvgIpc) is 3.28. The van der Waals surface area contributed by atoms with Crippen LogP contribution >= 0.6 is 22.9 Å². The molecular formula is C29H29ClFN3O2S. The number of fused-ring (bicyclic) bond motifs is 1. The van der Waals surface area contributed by atoms with Crippen molar-refractivity contribution in [2.45, 2.75) is 51.2 Å². The summed E-state index contributed by atoms with van der Waals surface area (Å²) >= 11 is 7.87. The number of pyridine rings is 1. The zero-order chi connectivity index (χ0) is 26.1. The van der Waals surface area contributed by atoms with Crippen LogP contribution in [-0.4, -0.2) is 35.0 Å². The molecule has 2 N–H and O–H groups in total. The number of carbonyl (C=O) groups excluding carboxylic acids is 1. The van der Waals surface area contributed by atoms with E-state index in [0.717, 1.165) is 59.3 Å². The van der Waals surface area contributed by atoms with Gasteiger partial charge in [-0.2, -0.15) is 0 Å². The van der Waals surface area contributed by atoms with Gasteiger partial charge < -0.3 is 15.4 Å². The maximum Gasteiger partial charge on any atom is 0.266 e. The molecule has 2 aromatic heterocycles. The van der Waals surface area contributed by atoms with Crippen molar-refractivity contribution >= 4 is 38.9 Å². The number of aromatic nitrogens is 1. The molecule has 1 amide bonds. The van der Waals surface area contributed by atoms with Crippen LogP contribution in [0.1, 0.15) is 46.5 Å². The van der Waals surface area contributed by atoms with Crippen molar-refractivity contribution in [2.24, 2.45) is 5.73 Å². The number of benzene rings is 2. The van der Waals surface area contributed by atoms with E-state index < -0.39 is 0 Å². The molecule has 1 aliphatic carbocycles. The van der Waals surface area contributed by atoms with Crippen molar-refractivity contribution in [1.29, 1.82) is 0 Å². The van der Waals surface area contributed by atoms with Crippen LogP contribution in [0.15, 0.2) is 54.9 Å². The van der Waals surface area contributed by atoms with E-state index in [-0.39, 0.29) is 23.8 Å². The summed E-state index contributed by atoms with van der Waals surface area (Å²) < 4.78 is 20.8. The second kappa shape index (κ2) is 10.8. The summed E-state index contributed by atoms with van der Waals surface area (Å²) in [5, 5.41) is 0.926. The number of carbonyl (C=O) groups is 1. The van der Waals surface area contributed by atoms with Crippen LogP contribution in [0, 0.1) is 12.7 Å². The van der Waals surface area contributed by atoms with Gasteiger partial charge in [-0.15, -0.1) is 11.3 Å². The van der Waals surface area contributed by atoms with Crippen molar-refractivity contribution in [2.75, 3.05) is 7.11 Å². The van der Waals surface area contributed by atoms with Crippen molar-refractivity contribution in [3.05, 3.63) is 81.7 Å². The second-order valence-electron chi connectivity index (χ2n) is 9.58. The highest BCUT2D eigenvalue weighted by Crippen LogP contribution is 2.41. The Morgan fingerprint density at radius 1 is 1.14 bits per heavy atom. The van der Waals surface area contributed by atoms with Gasteiger partial charge in [0.05, 0.1) is 16.8 Å². The Morgan fingerprint density at radius 3 is 2.54 bits per heavy atom. The predicted octanol–water partition coefficient (Wildman–Crippen LogP) is 6.99. The van der Waals surface area contributed by atoms with Gasteiger partial charge >= 0.3 is 0 Å². The van der Waals surface area contributed by atoms with Gasteiger partial charge in [0.2, 0.25) is 0 Å². The van der Waals surface area contributed by atoms with E-state index >= 15 is 0 Å². The number of nitrogens with two attached hydrogens (primary N) is 1. The van der Waals surface area contributed by atoms with Crippen molar-refractivity contribution in [3.63, 3.8) is 0 Å². The van der Waals surface area contributed by atoms with Gasteiger partial charge in [0.15, 0.2) is 0 Å². The fraction of sp³-hybridized carbons (Fsp3) is 0.310. The minimum atomic E-state index is -0.367. The Labute approximate surface area is 225 Å². The van der Waals surface area contributed by atoms with Crippen molar-refractivity contribution in [3.8, 4) is 16.9 Å². The van der Waals surface area contributed by atoms with Gasteiger partial charge in [0.25, 0.3) is 5.91 Å². The number of thiophene rings is 1. The third-order valence-corrected chi connectivity index (χ3v) is 8.89. The Bertz CT molecular complexity index is 1430. The van der Waals surface area contributed by atoms with E-state index in [4.69, 9.17) is 22.1 Å². The normalized spacial score (nSPS) is 17.6. The van der Waals surface area contributed by atoms with Gasteiger partial charge in [-0.1, -0.05) is 23.7 Å². The summed E-state index contributed by atoms with van der Waals surface area (Å²) in [7, 11) is 1.63. The molecule has 0 radical (unpaired) electrons. The molecule has 4 aromatic rings. The molecule has 8 heteroatoms. The fourth-order valence-electron chi connectivity index (χ4n) is 5.15. The van der Waals surface area contributed by atoms with E-state index in [9.17, 15) is 9.18 Å². The molecule has 5 nitrogen and oxygen atoms in total. The number of amides is 1. The SMILES string of the molecule is COc1ccc(-c2ccncc2)cc1CN(C(=O)c1sc2c(F)ccc(C)c2c1Cl)C1CCC(N)CC1. The van der Waals surface area contributed by atoms with Gasteiger partial charge in [0, 0.05) is 42.0 Å². The first-order valence-electron chi connectivity index (χ1n) is 12.4. The van der Waals surface area contributed by atoms with Crippen LogP contribution in [0.4, 0.5) is 4.39 Å². The molecule has 1 aliphatic rings. The van der Waals surface area contributed by atoms with Crippen LogP contribution in [0.2, 0.25) is 5.02 Å². The Hall–Kier alpha value is -3.00. The molecule has 0 spiro atoms. The molecule has 2 heterocycles. The zero-order valence-corrected chi connectivity index (χ0v) is 22.4. The highest BCUT2D eigenvalue weighted by molar-refractivity contribution is 7.21. The number of rotatable bonds is 6. The van der Waals surface area contributed by atoms with Crippen LogP contribution in [0.5, 0.6) is 5.75 Å². The van der Waals surface area contributed by atoms with Crippen LogP contribution < -0.4 is 10.5 Å². The van der Waals surface area contributed by atoms with Crippen LogP contribution in [0.3, 0.4) is 0 Å². The van der Waals surface area contributed by atoms with E-state index in [1.807, 2.05) is 36.1 Å². The lowest BCUT2D eigenvalue weighted by Crippen LogP contribution is -2.43. The third-order valence-electron chi connectivity index (χ3n) is 7.21. The monoisotopic (exact) mass is 537 g/mol. The Kier molecular flexibility index (Phi) is 7.47. The molecule has 1 saturated carbocycles.